The Labute approximate surface area is 359 Å². The van der Waals surface area contributed by atoms with Crippen LogP contribution in [0.1, 0.15) is 93.1 Å². The van der Waals surface area contributed by atoms with Crippen LogP contribution in [0.4, 0.5) is 0 Å². The number of carbonyl (C=O) groups is 6. The summed E-state index contributed by atoms with van der Waals surface area (Å²) in [5.41, 5.74) is -6.12. The van der Waals surface area contributed by atoms with Gasteiger partial charge in [0.25, 0.3) is 5.91 Å². The first kappa shape index (κ1) is 44.5. The summed E-state index contributed by atoms with van der Waals surface area (Å²) < 4.78 is 24.5. The highest BCUT2D eigenvalue weighted by Crippen LogP contribution is 2.67. The molecule has 3 aliphatic carbocycles. The minimum Gasteiger partial charge on any atom is -0.456 e. The number of hydrogen-bond acceptors (Lipinski definition) is 13. The molecule has 62 heavy (non-hydrogen) atoms. The van der Waals surface area contributed by atoms with Gasteiger partial charge in [-0.1, -0.05) is 80.6 Å². The highest BCUT2D eigenvalue weighted by molar-refractivity contribution is 5.96. The van der Waals surface area contributed by atoms with Crippen LogP contribution in [-0.2, 0) is 38.1 Å². The Morgan fingerprint density at radius 1 is 0.855 bits per heavy atom. The van der Waals surface area contributed by atoms with Crippen LogP contribution in [0, 0.1) is 22.2 Å². The first-order valence-electron chi connectivity index (χ1n) is 20.8. The molecular formula is C48H53NO13. The molecule has 3 aromatic rings. The third-order valence-corrected chi connectivity index (χ3v) is 14.0. The van der Waals surface area contributed by atoms with Crippen molar-refractivity contribution in [2.24, 2.45) is 22.2 Å². The summed E-state index contributed by atoms with van der Waals surface area (Å²) in [5.74, 6) is -5.92. The summed E-state index contributed by atoms with van der Waals surface area (Å²) in [4.78, 5) is 83.8. The fraction of sp³-hybridized carbons (Fsp3) is 0.458. The second kappa shape index (κ2) is 16.6. The molecule has 14 heteroatoms. The average Bonchev–Trinajstić information content (AvgIpc) is 3.24. The maximum Gasteiger partial charge on any atom is 0.338 e. The molecular weight excluding hydrogens is 799 g/mol. The lowest BCUT2D eigenvalue weighted by Crippen LogP contribution is -2.78. The highest BCUT2D eigenvalue weighted by Gasteiger charge is 2.76. The van der Waals surface area contributed by atoms with E-state index in [9.17, 15) is 39.3 Å². The molecule has 0 spiro atoms. The molecule has 1 unspecified atom stereocenters. The molecule has 0 aromatic heterocycles. The number of carbonyl (C=O) groups excluding carboxylic acids is 6. The summed E-state index contributed by atoms with van der Waals surface area (Å²) >= 11 is 0. The summed E-state index contributed by atoms with van der Waals surface area (Å²) in [6, 6.07) is 23.2. The number of Topliss-reactive ketones (excluding diaryl/α,β-unsaturated/α-hetero) is 2. The molecule has 1 aliphatic heterocycles. The van der Waals surface area contributed by atoms with Gasteiger partial charge in [-0.2, -0.15) is 0 Å². The van der Waals surface area contributed by atoms with Crippen LogP contribution >= 0.6 is 0 Å². The highest BCUT2D eigenvalue weighted by atomic mass is 16.6. The molecule has 0 radical (unpaired) electrons. The van der Waals surface area contributed by atoms with E-state index in [0.29, 0.717) is 5.56 Å². The van der Waals surface area contributed by atoms with E-state index >= 15 is 4.79 Å². The molecule has 3 fully saturated rings. The Balaban J connectivity index is 1.39. The number of rotatable bonds is 11. The van der Waals surface area contributed by atoms with Gasteiger partial charge in [0, 0.05) is 48.5 Å². The fourth-order valence-corrected chi connectivity index (χ4v) is 10.7. The van der Waals surface area contributed by atoms with Crippen LogP contribution in [0.5, 0.6) is 0 Å². The smallest absolute Gasteiger partial charge is 0.338 e. The molecule has 1 amide bonds. The van der Waals surface area contributed by atoms with Gasteiger partial charge in [0.2, 0.25) is 0 Å². The standard InChI is InChI=1S/C48H53NO13/c1-26(50)23-47-25-59-34(47)22-33(52)46(6)39(47)41(62-43(56)31-20-14-9-15-21-31)48(58)24-32(27(2)35(45(48,4)5)38(40(46)54)60-28(3)51)61-44(57)37(53)36(29-16-10-7-11-17-29)49-42(55)30-18-12-8-13-19-30/h7-21,32-34,36-39,41,52-53,58H,22-25H2,1-6H3,(H,49,55)/t32-,33-,34+,36-,37+,38+,39?,41-,46+,47+,48+/m0/s1. The molecule has 1 heterocycles. The summed E-state index contributed by atoms with van der Waals surface area (Å²) in [6.07, 6.45) is -9.96. The van der Waals surface area contributed by atoms with Gasteiger partial charge in [-0.3, -0.25) is 14.4 Å². The number of amides is 1. The molecule has 11 atom stereocenters. The predicted molar refractivity (Wildman–Crippen MR) is 221 cm³/mol. The first-order valence-corrected chi connectivity index (χ1v) is 20.8. The van der Waals surface area contributed by atoms with Crippen molar-refractivity contribution in [1.29, 1.82) is 0 Å². The van der Waals surface area contributed by atoms with Crippen LogP contribution in [-0.4, -0.2) is 99.5 Å². The molecule has 2 bridgehead atoms. The fourth-order valence-electron chi connectivity index (χ4n) is 10.7. The van der Waals surface area contributed by atoms with E-state index in [0.717, 1.165) is 6.92 Å². The van der Waals surface area contributed by atoms with Crippen molar-refractivity contribution in [3.63, 3.8) is 0 Å². The van der Waals surface area contributed by atoms with Crippen LogP contribution < -0.4 is 5.32 Å². The number of esters is 3. The lowest BCUT2D eigenvalue weighted by Gasteiger charge is -2.68. The average molecular weight is 852 g/mol. The van der Waals surface area contributed by atoms with Gasteiger partial charge in [0.15, 0.2) is 18.0 Å². The number of nitrogens with one attached hydrogen (secondary N) is 1. The lowest BCUT2D eigenvalue weighted by molar-refractivity contribution is -0.319. The summed E-state index contributed by atoms with van der Waals surface area (Å²) in [5, 5.41) is 40.4. The van der Waals surface area contributed by atoms with Crippen molar-refractivity contribution in [1.82, 2.24) is 5.32 Å². The van der Waals surface area contributed by atoms with E-state index in [-0.39, 0.29) is 47.5 Å². The van der Waals surface area contributed by atoms with Crippen LogP contribution in [0.3, 0.4) is 0 Å². The molecule has 4 aliphatic rings. The summed E-state index contributed by atoms with van der Waals surface area (Å²) in [7, 11) is 0. The minimum atomic E-state index is -2.31. The zero-order valence-electron chi connectivity index (χ0n) is 35.5. The second-order valence-corrected chi connectivity index (χ2v) is 17.9. The third kappa shape index (κ3) is 7.36. The SMILES string of the molecule is CC(=O)C[C@@]12CO[C@@H]1C[C@H](O)[C@@]1(C)C(=O)[C@H](OC(C)=O)C3=C(C)[C@@H](OC(=O)[C@H](O)[C@@H](NC(=O)c4ccccc4)c4ccccc4)C[C@@](O)([C@@H](OC(=O)c4ccccc4)C21)C3(C)C. The van der Waals surface area contributed by atoms with Gasteiger partial charge in [-0.25, -0.2) is 9.59 Å². The molecule has 14 nitrogen and oxygen atoms in total. The van der Waals surface area contributed by atoms with Crippen molar-refractivity contribution < 1.29 is 63.0 Å². The zero-order valence-corrected chi connectivity index (χ0v) is 35.5. The van der Waals surface area contributed by atoms with Gasteiger partial charge in [-0.15, -0.1) is 0 Å². The van der Waals surface area contributed by atoms with E-state index in [4.69, 9.17) is 18.9 Å². The maximum atomic E-state index is 15.5. The number of fused-ring (bicyclic) bond motifs is 5. The normalized spacial score (nSPS) is 31.9. The number of ketones is 2. The Morgan fingerprint density at radius 3 is 1.98 bits per heavy atom. The second-order valence-electron chi connectivity index (χ2n) is 17.9. The Bertz CT molecular complexity index is 2280. The largest absolute Gasteiger partial charge is 0.456 e. The zero-order chi connectivity index (χ0) is 44.9. The van der Waals surface area contributed by atoms with E-state index in [1.807, 2.05) is 0 Å². The van der Waals surface area contributed by atoms with E-state index in [1.54, 1.807) is 99.6 Å². The van der Waals surface area contributed by atoms with Gasteiger partial charge >= 0.3 is 17.9 Å². The van der Waals surface area contributed by atoms with Gasteiger partial charge in [0.05, 0.1) is 35.8 Å². The Morgan fingerprint density at radius 2 is 1.44 bits per heavy atom. The minimum absolute atomic E-state index is 0.0379. The molecule has 1 saturated heterocycles. The quantitative estimate of drug-likeness (QED) is 0.120. The lowest BCUT2D eigenvalue weighted by atomic mass is 9.41. The van der Waals surface area contributed by atoms with Gasteiger partial charge < -0.3 is 44.4 Å². The number of hydrogen-bond donors (Lipinski definition) is 4. The Kier molecular flexibility index (Phi) is 11.9. The van der Waals surface area contributed by atoms with Crippen molar-refractivity contribution >= 4 is 35.4 Å². The molecule has 4 N–H and O–H groups in total. The van der Waals surface area contributed by atoms with Crippen LogP contribution in [0.2, 0.25) is 0 Å². The topological polar surface area (TPSA) is 212 Å². The first-order chi connectivity index (χ1) is 29.3. The molecule has 3 aromatic carbocycles. The molecule has 7 rings (SSSR count). The Hall–Kier alpha value is -5.54. The number of benzene rings is 3. The van der Waals surface area contributed by atoms with Crippen molar-refractivity contribution in [2.45, 2.75) is 109 Å². The predicted octanol–water partition coefficient (Wildman–Crippen LogP) is 4.40. The van der Waals surface area contributed by atoms with Crippen LogP contribution in [0.25, 0.3) is 0 Å². The maximum absolute atomic E-state index is 15.5. The van der Waals surface area contributed by atoms with E-state index < -0.39 is 106 Å². The number of aliphatic hydroxyl groups excluding tert-OH is 2. The monoisotopic (exact) mass is 851 g/mol. The van der Waals surface area contributed by atoms with Gasteiger partial charge in [-0.05, 0) is 61.7 Å². The molecule has 328 valence electrons. The van der Waals surface area contributed by atoms with Crippen molar-refractivity contribution in [3.05, 3.63) is 119 Å². The molecule has 2 saturated carbocycles. The van der Waals surface area contributed by atoms with Crippen molar-refractivity contribution in [3.8, 4) is 0 Å². The van der Waals surface area contributed by atoms with E-state index in [1.165, 1.54) is 26.0 Å². The number of ether oxygens (including phenoxy) is 4. The van der Waals surface area contributed by atoms with Gasteiger partial charge in [0.1, 0.15) is 23.6 Å². The third-order valence-electron chi connectivity index (χ3n) is 14.0. The number of aliphatic hydroxyl groups is 3. The summed E-state index contributed by atoms with van der Waals surface area (Å²) in [6.45, 7) is 8.63. The van der Waals surface area contributed by atoms with E-state index in [2.05, 4.69) is 5.32 Å². The van der Waals surface area contributed by atoms with Crippen LogP contribution in [0.15, 0.2) is 102 Å². The van der Waals surface area contributed by atoms with Crippen molar-refractivity contribution in [2.75, 3.05) is 6.61 Å².